The minimum absolute atomic E-state index is 0.373. The predicted molar refractivity (Wildman–Crippen MR) is 135 cm³/mol. The van der Waals surface area contributed by atoms with Crippen LogP contribution in [0.1, 0.15) is 15.2 Å². The van der Waals surface area contributed by atoms with Gasteiger partial charge in [0.1, 0.15) is 7.05 Å². The van der Waals surface area contributed by atoms with Crippen LogP contribution in [0.2, 0.25) is 0 Å². The number of benzene rings is 4. The second-order valence-corrected chi connectivity index (χ2v) is 8.73. The number of hydrogen-bond donors (Lipinski definition) is 0. The molecule has 2 heteroatoms. The zero-order valence-corrected chi connectivity index (χ0v) is 18.0. The van der Waals surface area contributed by atoms with Gasteiger partial charge in [-0.25, -0.2) is 0 Å². The maximum atomic E-state index is 7.86. The molecule has 0 bridgehead atoms. The maximum Gasteiger partial charge on any atom is 0.223 e. The summed E-state index contributed by atoms with van der Waals surface area (Å²) in [5.74, 6) is 0. The van der Waals surface area contributed by atoms with E-state index in [4.69, 9.17) is 4.11 Å². The van der Waals surface area contributed by atoms with Crippen LogP contribution in [0.3, 0.4) is 0 Å². The van der Waals surface area contributed by atoms with E-state index in [0.29, 0.717) is 5.56 Å². The van der Waals surface area contributed by atoms with Crippen LogP contribution in [-0.2, 0) is 7.05 Å². The lowest BCUT2D eigenvalue weighted by Gasteiger charge is -2.11. The number of pyridine rings is 1. The molecule has 0 spiro atoms. The fourth-order valence-electron chi connectivity index (χ4n) is 5.69. The Morgan fingerprint density at radius 1 is 0.750 bits per heavy atom. The van der Waals surface area contributed by atoms with E-state index in [1.165, 1.54) is 43.5 Å². The second-order valence-electron chi connectivity index (χ2n) is 8.73. The molecule has 3 heterocycles. The van der Waals surface area contributed by atoms with E-state index < -0.39 is 6.85 Å². The van der Waals surface area contributed by atoms with E-state index >= 15 is 0 Å². The Balaban J connectivity index is 1.76. The first-order valence-corrected chi connectivity index (χ1v) is 11.0. The number of aromatic nitrogens is 2. The molecule has 7 rings (SSSR count). The standard InChI is InChI=1S/C30H23N2/c1-18-15-16-20(19(2)17-18)29-27-24-12-8-11-22-21-9-4-7-14-26(21)32(28(22)24)30(27)23-10-5-6-13-25(23)31(29)3/h4-17H,1-3H3/q+1/i1D3. The van der Waals surface area contributed by atoms with Gasteiger partial charge in [-0.1, -0.05) is 66.2 Å². The van der Waals surface area contributed by atoms with Crippen molar-refractivity contribution in [1.82, 2.24) is 4.40 Å². The summed E-state index contributed by atoms with van der Waals surface area (Å²) in [7, 11) is 2.11. The van der Waals surface area contributed by atoms with Gasteiger partial charge in [0.15, 0.2) is 0 Å². The third kappa shape index (κ3) is 2.07. The average Bonchev–Trinajstić information content (AvgIpc) is 3.37. The molecule has 0 amide bonds. The van der Waals surface area contributed by atoms with Crippen molar-refractivity contribution < 1.29 is 8.68 Å². The lowest BCUT2D eigenvalue weighted by molar-refractivity contribution is -0.632. The van der Waals surface area contributed by atoms with Crippen LogP contribution in [0.25, 0.3) is 60.3 Å². The van der Waals surface area contributed by atoms with Crippen molar-refractivity contribution in [3.63, 3.8) is 0 Å². The highest BCUT2D eigenvalue weighted by molar-refractivity contribution is 6.28. The highest BCUT2D eigenvalue weighted by atomic mass is 15.0. The summed E-state index contributed by atoms with van der Waals surface area (Å²) in [6, 6.07) is 29.3. The predicted octanol–water partition coefficient (Wildman–Crippen LogP) is 7.10. The number of para-hydroxylation sites is 3. The van der Waals surface area contributed by atoms with Crippen molar-refractivity contribution in [3.05, 3.63) is 96.1 Å². The molecule has 152 valence electrons. The third-order valence-corrected chi connectivity index (χ3v) is 7.00. The second kappa shape index (κ2) is 6.08. The topological polar surface area (TPSA) is 8.29 Å². The Kier molecular flexibility index (Phi) is 2.85. The number of hydrogen-bond acceptors (Lipinski definition) is 0. The monoisotopic (exact) mass is 414 g/mol. The van der Waals surface area contributed by atoms with Crippen LogP contribution in [0.15, 0.2) is 84.9 Å². The van der Waals surface area contributed by atoms with Gasteiger partial charge in [-0.3, -0.25) is 0 Å². The van der Waals surface area contributed by atoms with Gasteiger partial charge in [0.2, 0.25) is 11.2 Å². The molecule has 0 aliphatic carbocycles. The Morgan fingerprint density at radius 3 is 2.34 bits per heavy atom. The molecular weight excluding hydrogens is 388 g/mol. The van der Waals surface area contributed by atoms with Crippen molar-refractivity contribution in [2.75, 3.05) is 0 Å². The summed E-state index contributed by atoms with van der Waals surface area (Å²) in [4.78, 5) is 0. The Hall–Kier alpha value is -3.91. The number of rotatable bonds is 1. The summed E-state index contributed by atoms with van der Waals surface area (Å²) < 4.78 is 28.3. The molecule has 7 aromatic rings. The Bertz CT molecular complexity index is 1960. The van der Waals surface area contributed by atoms with Gasteiger partial charge < -0.3 is 4.40 Å². The quantitative estimate of drug-likeness (QED) is 0.253. The largest absolute Gasteiger partial charge is 0.307 e. The molecule has 3 aromatic heterocycles. The molecule has 0 atom stereocenters. The molecule has 0 fully saturated rings. The highest BCUT2D eigenvalue weighted by Gasteiger charge is 2.28. The van der Waals surface area contributed by atoms with Crippen LogP contribution in [0, 0.1) is 13.8 Å². The first kappa shape index (κ1) is 15.0. The number of fused-ring (bicyclic) bond motifs is 8. The lowest BCUT2D eigenvalue weighted by Crippen LogP contribution is -2.32. The maximum absolute atomic E-state index is 7.86. The number of aryl methyl sites for hydroxylation is 3. The molecule has 0 radical (unpaired) electrons. The van der Waals surface area contributed by atoms with E-state index in [-0.39, 0.29) is 0 Å². The van der Waals surface area contributed by atoms with Crippen molar-refractivity contribution >= 4 is 49.0 Å². The molecule has 0 unspecified atom stereocenters. The van der Waals surface area contributed by atoms with Gasteiger partial charge in [-0.2, -0.15) is 4.57 Å². The summed E-state index contributed by atoms with van der Waals surface area (Å²) in [5.41, 5.74) is 8.26. The van der Waals surface area contributed by atoms with Crippen LogP contribution in [0.5, 0.6) is 0 Å². The SMILES string of the molecule is [2H]C([2H])([2H])c1ccc(-c2c3c4cccc5c6ccccc6n(c54)c3c3ccccc3[n+]2C)c(C)c1. The van der Waals surface area contributed by atoms with Gasteiger partial charge in [0, 0.05) is 31.9 Å². The molecule has 2 nitrogen and oxygen atoms in total. The number of nitrogens with zero attached hydrogens (tertiary/aromatic N) is 2. The molecule has 32 heavy (non-hydrogen) atoms. The van der Waals surface area contributed by atoms with E-state index in [9.17, 15) is 0 Å². The van der Waals surface area contributed by atoms with Gasteiger partial charge in [0.25, 0.3) is 0 Å². The smallest absolute Gasteiger partial charge is 0.223 e. The van der Waals surface area contributed by atoms with E-state index in [1.807, 2.05) is 19.1 Å². The van der Waals surface area contributed by atoms with Crippen molar-refractivity contribution in [1.29, 1.82) is 0 Å². The molecule has 4 aromatic carbocycles. The minimum Gasteiger partial charge on any atom is -0.307 e. The fourth-order valence-corrected chi connectivity index (χ4v) is 5.69. The van der Waals surface area contributed by atoms with Crippen molar-refractivity contribution in [2.45, 2.75) is 13.8 Å². The Morgan fingerprint density at radius 2 is 1.50 bits per heavy atom. The molecule has 0 N–H and O–H groups in total. The van der Waals surface area contributed by atoms with Crippen LogP contribution in [0.4, 0.5) is 0 Å². The summed E-state index contributed by atoms with van der Waals surface area (Å²) in [6.07, 6.45) is 0. The van der Waals surface area contributed by atoms with Crippen molar-refractivity contribution in [2.24, 2.45) is 7.05 Å². The highest BCUT2D eigenvalue weighted by Crippen LogP contribution is 2.44. The van der Waals surface area contributed by atoms with E-state index in [1.54, 1.807) is 6.07 Å². The van der Waals surface area contributed by atoms with Gasteiger partial charge in [0.05, 0.1) is 27.3 Å². The first-order chi connectivity index (χ1) is 16.9. The molecule has 0 aliphatic rings. The lowest BCUT2D eigenvalue weighted by atomic mass is 9.96. The summed E-state index contributed by atoms with van der Waals surface area (Å²) >= 11 is 0. The zero-order valence-electron chi connectivity index (χ0n) is 21.0. The van der Waals surface area contributed by atoms with Gasteiger partial charge >= 0.3 is 0 Å². The van der Waals surface area contributed by atoms with E-state index in [2.05, 4.69) is 82.7 Å². The van der Waals surface area contributed by atoms with Crippen LogP contribution in [-0.4, -0.2) is 4.40 Å². The average molecular weight is 415 g/mol. The van der Waals surface area contributed by atoms with E-state index in [0.717, 1.165) is 22.3 Å². The first-order valence-electron chi connectivity index (χ1n) is 12.5. The fraction of sp³-hybridized carbons (Fsp3) is 0.100. The molecule has 0 saturated heterocycles. The third-order valence-electron chi connectivity index (χ3n) is 7.00. The van der Waals surface area contributed by atoms with Crippen molar-refractivity contribution in [3.8, 4) is 11.3 Å². The van der Waals surface area contributed by atoms with Gasteiger partial charge in [-0.05, 0) is 37.5 Å². The molecule has 0 saturated carbocycles. The van der Waals surface area contributed by atoms with Crippen LogP contribution < -0.4 is 4.57 Å². The minimum atomic E-state index is -2.13. The summed E-state index contributed by atoms with van der Waals surface area (Å²) in [5, 5.41) is 6.12. The normalized spacial score (nSPS) is 14.0. The zero-order chi connectivity index (χ0) is 24.1. The van der Waals surface area contributed by atoms with Gasteiger partial charge in [-0.15, -0.1) is 0 Å². The summed E-state index contributed by atoms with van der Waals surface area (Å²) in [6.45, 7) is -0.114. The molecule has 0 aliphatic heterocycles. The van der Waals surface area contributed by atoms with Crippen LogP contribution >= 0.6 is 0 Å². The molecular formula is C30H23N2+. The Labute approximate surface area is 190 Å².